The summed E-state index contributed by atoms with van der Waals surface area (Å²) in [5, 5.41) is 3.51. The summed E-state index contributed by atoms with van der Waals surface area (Å²) >= 11 is 0. The average Bonchev–Trinajstić information content (AvgIpc) is 2.80. The van der Waals surface area contributed by atoms with Crippen molar-refractivity contribution in [1.82, 2.24) is 10.2 Å². The maximum absolute atomic E-state index is 5.63. The van der Waals surface area contributed by atoms with Gasteiger partial charge in [0.1, 0.15) is 0 Å². The minimum atomic E-state index is 0.364. The Kier molecular flexibility index (Phi) is 4.45. The van der Waals surface area contributed by atoms with Gasteiger partial charge < -0.3 is 15.0 Å². The van der Waals surface area contributed by atoms with Crippen molar-refractivity contribution in [3.8, 4) is 0 Å². The fourth-order valence-corrected chi connectivity index (χ4v) is 3.05. The predicted octanol–water partition coefficient (Wildman–Crippen LogP) is 1.59. The molecule has 1 saturated carbocycles. The molecule has 0 bridgehead atoms. The Balaban J connectivity index is 1.79. The largest absolute Gasteiger partial charge is 0.381 e. The van der Waals surface area contributed by atoms with Crippen LogP contribution in [0.1, 0.15) is 26.7 Å². The number of hydrogen-bond acceptors (Lipinski definition) is 3. The van der Waals surface area contributed by atoms with E-state index >= 15 is 0 Å². The normalized spacial score (nSPS) is 36.7. The van der Waals surface area contributed by atoms with Gasteiger partial charge in [-0.2, -0.15) is 0 Å². The van der Waals surface area contributed by atoms with Crippen LogP contribution in [0.5, 0.6) is 0 Å². The molecule has 1 aliphatic carbocycles. The topological polar surface area (TPSA) is 24.5 Å². The number of rotatable bonds is 7. The molecular weight excluding hydrogens is 212 g/mol. The van der Waals surface area contributed by atoms with Gasteiger partial charge in [0.15, 0.2) is 0 Å². The number of hydrogen-bond donors (Lipinski definition) is 1. The molecule has 3 nitrogen and oxygen atoms in total. The van der Waals surface area contributed by atoms with Gasteiger partial charge in [-0.15, -0.1) is 0 Å². The van der Waals surface area contributed by atoms with Crippen LogP contribution in [-0.2, 0) is 4.74 Å². The highest BCUT2D eigenvalue weighted by atomic mass is 16.5. The molecule has 1 saturated heterocycles. The van der Waals surface area contributed by atoms with E-state index in [2.05, 4.69) is 31.1 Å². The van der Waals surface area contributed by atoms with Crippen molar-refractivity contribution in [1.29, 1.82) is 0 Å². The van der Waals surface area contributed by atoms with Crippen LogP contribution in [-0.4, -0.2) is 51.3 Å². The summed E-state index contributed by atoms with van der Waals surface area (Å²) in [4.78, 5) is 2.53. The summed E-state index contributed by atoms with van der Waals surface area (Å²) in [5.41, 5.74) is 0.364. The van der Waals surface area contributed by atoms with E-state index in [1.807, 2.05) is 0 Å². The summed E-state index contributed by atoms with van der Waals surface area (Å²) in [5.74, 6) is 1.92. The lowest BCUT2D eigenvalue weighted by molar-refractivity contribution is 0.117. The Morgan fingerprint density at radius 2 is 2.24 bits per heavy atom. The summed E-state index contributed by atoms with van der Waals surface area (Å²) in [7, 11) is 2.27. The van der Waals surface area contributed by atoms with Crippen molar-refractivity contribution in [2.45, 2.75) is 26.7 Å². The van der Waals surface area contributed by atoms with Gasteiger partial charge in [0, 0.05) is 31.7 Å². The zero-order valence-electron chi connectivity index (χ0n) is 11.7. The van der Waals surface area contributed by atoms with Crippen LogP contribution >= 0.6 is 0 Å². The lowest BCUT2D eigenvalue weighted by Crippen LogP contribution is -2.44. The summed E-state index contributed by atoms with van der Waals surface area (Å²) in [6, 6.07) is 0. The molecule has 3 atom stereocenters. The molecule has 2 fully saturated rings. The quantitative estimate of drug-likeness (QED) is 0.731. The lowest BCUT2D eigenvalue weighted by atomic mass is 9.86. The molecule has 2 aliphatic rings. The van der Waals surface area contributed by atoms with Crippen LogP contribution in [0.25, 0.3) is 0 Å². The molecule has 3 unspecified atom stereocenters. The molecule has 1 aliphatic heterocycles. The average molecular weight is 240 g/mol. The van der Waals surface area contributed by atoms with Crippen LogP contribution < -0.4 is 5.32 Å². The minimum Gasteiger partial charge on any atom is -0.381 e. The van der Waals surface area contributed by atoms with E-state index in [-0.39, 0.29) is 0 Å². The van der Waals surface area contributed by atoms with Crippen molar-refractivity contribution in [2.75, 3.05) is 46.4 Å². The van der Waals surface area contributed by atoms with E-state index in [0.29, 0.717) is 5.41 Å². The van der Waals surface area contributed by atoms with Gasteiger partial charge >= 0.3 is 0 Å². The van der Waals surface area contributed by atoms with Gasteiger partial charge in [-0.3, -0.25) is 0 Å². The van der Waals surface area contributed by atoms with Gasteiger partial charge in [-0.25, -0.2) is 0 Å². The fourth-order valence-electron chi connectivity index (χ4n) is 3.05. The van der Waals surface area contributed by atoms with Gasteiger partial charge in [0.25, 0.3) is 0 Å². The first-order valence-electron chi connectivity index (χ1n) is 7.12. The van der Waals surface area contributed by atoms with Crippen molar-refractivity contribution in [2.24, 2.45) is 17.3 Å². The first-order chi connectivity index (χ1) is 8.15. The highest BCUT2D eigenvalue weighted by Crippen LogP contribution is 2.38. The second kappa shape index (κ2) is 5.68. The Morgan fingerprint density at radius 1 is 1.47 bits per heavy atom. The van der Waals surface area contributed by atoms with Crippen molar-refractivity contribution in [3.05, 3.63) is 0 Å². The third-order valence-electron chi connectivity index (χ3n) is 4.36. The van der Waals surface area contributed by atoms with Crippen molar-refractivity contribution < 1.29 is 4.74 Å². The van der Waals surface area contributed by atoms with E-state index in [4.69, 9.17) is 4.74 Å². The summed E-state index contributed by atoms with van der Waals surface area (Å²) in [6.07, 6.45) is 2.64. The van der Waals surface area contributed by atoms with Crippen LogP contribution in [0.2, 0.25) is 0 Å². The Hall–Kier alpha value is -0.120. The first kappa shape index (κ1) is 13.3. The van der Waals surface area contributed by atoms with E-state index in [1.54, 1.807) is 0 Å². The number of ether oxygens (including phenoxy) is 1. The maximum atomic E-state index is 5.63. The van der Waals surface area contributed by atoms with Crippen molar-refractivity contribution in [3.63, 3.8) is 0 Å². The molecule has 2 rings (SSSR count). The number of nitrogens with zero attached hydrogens (tertiary/aromatic N) is 1. The molecule has 0 spiro atoms. The maximum Gasteiger partial charge on any atom is 0.0547 e. The molecule has 1 heterocycles. The van der Waals surface area contributed by atoms with Gasteiger partial charge in [-0.1, -0.05) is 13.8 Å². The number of nitrogens with one attached hydrogen (secondary N) is 1. The molecule has 0 amide bonds. The fraction of sp³-hybridized carbons (Fsp3) is 1.00. The van der Waals surface area contributed by atoms with E-state index in [0.717, 1.165) is 38.1 Å². The Labute approximate surface area is 106 Å². The third kappa shape index (κ3) is 3.67. The van der Waals surface area contributed by atoms with E-state index in [9.17, 15) is 0 Å². The lowest BCUT2D eigenvalue weighted by Gasteiger charge is -2.32. The zero-order chi connectivity index (χ0) is 12.3. The molecule has 3 heteroatoms. The van der Waals surface area contributed by atoms with Gasteiger partial charge in [0.05, 0.1) is 6.61 Å². The molecule has 0 aromatic rings. The van der Waals surface area contributed by atoms with E-state index in [1.165, 1.54) is 25.9 Å². The Morgan fingerprint density at radius 3 is 2.76 bits per heavy atom. The molecule has 17 heavy (non-hydrogen) atoms. The monoisotopic (exact) mass is 240 g/mol. The van der Waals surface area contributed by atoms with Crippen LogP contribution in [0, 0.1) is 17.3 Å². The molecule has 0 aromatic carbocycles. The van der Waals surface area contributed by atoms with Crippen LogP contribution in [0.15, 0.2) is 0 Å². The second-order valence-corrected chi connectivity index (χ2v) is 6.25. The summed E-state index contributed by atoms with van der Waals surface area (Å²) < 4.78 is 5.63. The highest BCUT2D eigenvalue weighted by molar-refractivity contribution is 4.90. The molecule has 100 valence electrons. The second-order valence-electron chi connectivity index (χ2n) is 6.25. The molecule has 1 N–H and O–H groups in total. The van der Waals surface area contributed by atoms with Gasteiger partial charge in [0.2, 0.25) is 0 Å². The summed E-state index contributed by atoms with van der Waals surface area (Å²) in [6.45, 7) is 11.0. The third-order valence-corrected chi connectivity index (χ3v) is 4.36. The van der Waals surface area contributed by atoms with Crippen LogP contribution in [0.4, 0.5) is 0 Å². The standard InChI is InChI=1S/C14H28N2O/c1-4-15-9-14(5-6-17-11-14)10-16(3)8-13-7-12(13)2/h12-13,15H,4-11H2,1-3H3. The van der Waals surface area contributed by atoms with Gasteiger partial charge in [-0.05, 0) is 38.3 Å². The SMILES string of the molecule is CCNCC1(CN(C)CC2CC2C)CCOC1. The molecule has 0 radical (unpaired) electrons. The molecule has 0 aromatic heterocycles. The minimum absolute atomic E-state index is 0.364. The first-order valence-corrected chi connectivity index (χ1v) is 7.12. The smallest absolute Gasteiger partial charge is 0.0547 e. The zero-order valence-corrected chi connectivity index (χ0v) is 11.7. The Bertz CT molecular complexity index is 238. The molecular formula is C14H28N2O. The van der Waals surface area contributed by atoms with Crippen molar-refractivity contribution >= 4 is 0 Å². The predicted molar refractivity (Wildman–Crippen MR) is 71.2 cm³/mol. The highest BCUT2D eigenvalue weighted by Gasteiger charge is 2.38. The van der Waals surface area contributed by atoms with E-state index < -0.39 is 0 Å². The van der Waals surface area contributed by atoms with Crippen LogP contribution in [0.3, 0.4) is 0 Å².